The molecule has 132 valence electrons. The quantitative estimate of drug-likeness (QED) is 0.781. The molecule has 1 aromatic heterocycles. The van der Waals surface area contributed by atoms with Gasteiger partial charge in [0.15, 0.2) is 5.03 Å². The number of hydrogen-bond donors (Lipinski definition) is 0. The fourth-order valence-corrected chi connectivity index (χ4v) is 4.87. The first kappa shape index (κ1) is 16.5. The summed E-state index contributed by atoms with van der Waals surface area (Å²) >= 11 is 0. The van der Waals surface area contributed by atoms with E-state index in [0.29, 0.717) is 32.3 Å². The van der Waals surface area contributed by atoms with Crippen LogP contribution in [0.1, 0.15) is 24.1 Å². The van der Waals surface area contributed by atoms with Crippen LogP contribution in [0.4, 0.5) is 5.95 Å². The second kappa shape index (κ2) is 6.72. The van der Waals surface area contributed by atoms with Gasteiger partial charge in [-0.1, -0.05) is 18.2 Å². The molecule has 7 heteroatoms. The second-order valence-corrected chi connectivity index (χ2v) is 8.24. The number of aromatic nitrogens is 2. The maximum absolute atomic E-state index is 13.2. The fourth-order valence-electron chi connectivity index (χ4n) is 3.39. The van der Waals surface area contributed by atoms with Crippen molar-refractivity contribution in [1.29, 1.82) is 0 Å². The number of hydrogen-bond acceptors (Lipinski definition) is 6. The lowest BCUT2D eigenvalue weighted by Gasteiger charge is -2.28. The van der Waals surface area contributed by atoms with Gasteiger partial charge in [0.2, 0.25) is 15.8 Å². The van der Waals surface area contributed by atoms with E-state index < -0.39 is 9.84 Å². The standard InChI is InChI=1S/C18H21N3O3S/c22-25(23,14-6-2-1-3-7-14)17-15-8-4-5-9-16(15)19-18(20-17)21-10-12-24-13-11-21/h1-3,6-7H,4-5,8-13H2. The van der Waals surface area contributed by atoms with Gasteiger partial charge in [-0.25, -0.2) is 18.4 Å². The van der Waals surface area contributed by atoms with Crippen LogP contribution in [0, 0.1) is 0 Å². The maximum Gasteiger partial charge on any atom is 0.226 e. The van der Waals surface area contributed by atoms with E-state index >= 15 is 0 Å². The number of benzene rings is 1. The average Bonchev–Trinajstić information content (AvgIpc) is 2.68. The Labute approximate surface area is 147 Å². The third-order valence-corrected chi connectivity index (χ3v) is 6.47. The highest BCUT2D eigenvalue weighted by molar-refractivity contribution is 7.91. The molecule has 1 saturated heterocycles. The zero-order valence-corrected chi connectivity index (χ0v) is 14.8. The summed E-state index contributed by atoms with van der Waals surface area (Å²) in [5, 5.41) is 0.185. The Hall–Kier alpha value is -1.99. The lowest BCUT2D eigenvalue weighted by molar-refractivity contribution is 0.122. The number of fused-ring (bicyclic) bond motifs is 1. The van der Waals surface area contributed by atoms with E-state index in [1.165, 1.54) is 0 Å². The van der Waals surface area contributed by atoms with Crippen LogP contribution in [0.25, 0.3) is 0 Å². The summed E-state index contributed by atoms with van der Waals surface area (Å²) in [6, 6.07) is 8.54. The van der Waals surface area contributed by atoms with E-state index in [0.717, 1.165) is 36.9 Å². The van der Waals surface area contributed by atoms with Crippen LogP contribution in [-0.2, 0) is 27.4 Å². The first-order valence-electron chi connectivity index (χ1n) is 8.69. The van der Waals surface area contributed by atoms with E-state index in [9.17, 15) is 8.42 Å². The fraction of sp³-hybridized carbons (Fsp3) is 0.444. The third kappa shape index (κ3) is 3.14. The van der Waals surface area contributed by atoms with Crippen molar-refractivity contribution in [1.82, 2.24) is 9.97 Å². The summed E-state index contributed by atoms with van der Waals surface area (Å²) in [7, 11) is -3.65. The molecule has 0 saturated carbocycles. The minimum atomic E-state index is -3.65. The molecule has 1 aliphatic carbocycles. The van der Waals surface area contributed by atoms with Gasteiger partial charge in [0, 0.05) is 18.7 Å². The number of aryl methyl sites for hydroxylation is 1. The van der Waals surface area contributed by atoms with Gasteiger partial charge in [-0.2, -0.15) is 0 Å². The van der Waals surface area contributed by atoms with Gasteiger partial charge in [0.05, 0.1) is 23.8 Å². The van der Waals surface area contributed by atoms with Crippen molar-refractivity contribution < 1.29 is 13.2 Å². The summed E-state index contributed by atoms with van der Waals surface area (Å²) in [6.07, 6.45) is 3.55. The van der Waals surface area contributed by atoms with Crippen LogP contribution in [0.15, 0.2) is 40.3 Å². The summed E-state index contributed by atoms with van der Waals surface area (Å²) < 4.78 is 31.8. The van der Waals surface area contributed by atoms with Gasteiger partial charge in [-0.05, 0) is 37.8 Å². The van der Waals surface area contributed by atoms with Crippen LogP contribution in [0.2, 0.25) is 0 Å². The lowest BCUT2D eigenvalue weighted by atomic mass is 9.97. The molecule has 1 aliphatic heterocycles. The largest absolute Gasteiger partial charge is 0.378 e. The number of nitrogens with zero attached hydrogens (tertiary/aromatic N) is 3. The Kier molecular flexibility index (Phi) is 4.43. The van der Waals surface area contributed by atoms with Gasteiger partial charge in [0.1, 0.15) is 0 Å². The normalized spacial score (nSPS) is 18.0. The highest BCUT2D eigenvalue weighted by Gasteiger charge is 2.29. The molecule has 2 heterocycles. The summed E-state index contributed by atoms with van der Waals surface area (Å²) in [6.45, 7) is 2.59. The van der Waals surface area contributed by atoms with Crippen LogP contribution in [-0.4, -0.2) is 44.7 Å². The third-order valence-electron chi connectivity index (χ3n) is 4.74. The zero-order valence-electron chi connectivity index (χ0n) is 14.0. The highest BCUT2D eigenvalue weighted by Crippen LogP contribution is 2.30. The van der Waals surface area contributed by atoms with E-state index in [1.54, 1.807) is 24.3 Å². The number of sulfone groups is 1. The van der Waals surface area contributed by atoms with Crippen molar-refractivity contribution in [2.24, 2.45) is 0 Å². The van der Waals surface area contributed by atoms with E-state index in [2.05, 4.69) is 4.98 Å². The number of morpholine rings is 1. The molecule has 25 heavy (non-hydrogen) atoms. The average molecular weight is 359 g/mol. The van der Waals surface area contributed by atoms with E-state index in [1.807, 2.05) is 11.0 Å². The molecule has 0 amide bonds. The zero-order chi connectivity index (χ0) is 17.3. The predicted octanol–water partition coefficient (Wildman–Crippen LogP) is 2.02. The first-order chi connectivity index (χ1) is 12.2. The van der Waals surface area contributed by atoms with Crippen LogP contribution in [0.5, 0.6) is 0 Å². The van der Waals surface area contributed by atoms with E-state index in [-0.39, 0.29) is 9.92 Å². The molecule has 6 nitrogen and oxygen atoms in total. The van der Waals surface area contributed by atoms with Gasteiger partial charge >= 0.3 is 0 Å². The monoisotopic (exact) mass is 359 g/mol. The summed E-state index contributed by atoms with van der Waals surface area (Å²) in [5.74, 6) is 0.512. The molecule has 2 aliphatic rings. The highest BCUT2D eigenvalue weighted by atomic mass is 32.2. The molecule has 0 unspecified atom stereocenters. The summed E-state index contributed by atoms with van der Waals surface area (Å²) in [4.78, 5) is 11.5. The molecular weight excluding hydrogens is 338 g/mol. The molecular formula is C18H21N3O3S. The van der Waals surface area contributed by atoms with Crippen LogP contribution >= 0.6 is 0 Å². The van der Waals surface area contributed by atoms with Crippen molar-refractivity contribution in [3.05, 3.63) is 41.6 Å². The summed E-state index contributed by atoms with van der Waals surface area (Å²) in [5.41, 5.74) is 1.68. The Morgan fingerprint density at radius 2 is 1.68 bits per heavy atom. The van der Waals surface area contributed by atoms with Gasteiger partial charge < -0.3 is 9.64 Å². The predicted molar refractivity (Wildman–Crippen MR) is 93.6 cm³/mol. The van der Waals surface area contributed by atoms with Gasteiger partial charge in [-0.15, -0.1) is 0 Å². The van der Waals surface area contributed by atoms with Crippen molar-refractivity contribution in [3.63, 3.8) is 0 Å². The molecule has 1 aromatic carbocycles. The van der Waals surface area contributed by atoms with Crippen molar-refractivity contribution in [2.75, 3.05) is 31.2 Å². The lowest BCUT2D eigenvalue weighted by Crippen LogP contribution is -2.38. The topological polar surface area (TPSA) is 72.4 Å². The molecule has 0 atom stereocenters. The maximum atomic E-state index is 13.2. The minimum Gasteiger partial charge on any atom is -0.378 e. The van der Waals surface area contributed by atoms with E-state index in [4.69, 9.17) is 9.72 Å². The van der Waals surface area contributed by atoms with Gasteiger partial charge in [-0.3, -0.25) is 0 Å². The Balaban J connectivity index is 1.85. The van der Waals surface area contributed by atoms with Crippen LogP contribution < -0.4 is 4.90 Å². The van der Waals surface area contributed by atoms with Crippen molar-refractivity contribution in [2.45, 2.75) is 35.6 Å². The Morgan fingerprint density at radius 3 is 2.44 bits per heavy atom. The number of rotatable bonds is 3. The Morgan fingerprint density at radius 1 is 0.960 bits per heavy atom. The molecule has 0 radical (unpaired) electrons. The molecule has 0 N–H and O–H groups in total. The van der Waals surface area contributed by atoms with Gasteiger partial charge in [0.25, 0.3) is 0 Å². The minimum absolute atomic E-state index is 0.185. The molecule has 2 aromatic rings. The van der Waals surface area contributed by atoms with Crippen LogP contribution in [0.3, 0.4) is 0 Å². The van der Waals surface area contributed by atoms with Crippen molar-refractivity contribution in [3.8, 4) is 0 Å². The molecule has 0 spiro atoms. The first-order valence-corrected chi connectivity index (χ1v) is 10.2. The smallest absolute Gasteiger partial charge is 0.226 e. The molecule has 0 bridgehead atoms. The second-order valence-electron chi connectivity index (χ2n) is 6.38. The molecule has 4 rings (SSSR count). The number of anilines is 1. The number of ether oxygens (including phenoxy) is 1. The van der Waals surface area contributed by atoms with Crippen molar-refractivity contribution >= 4 is 15.8 Å². The SMILES string of the molecule is O=S(=O)(c1ccccc1)c1nc(N2CCOCC2)nc2c1CCCC2. The molecule has 1 fully saturated rings. The Bertz CT molecular complexity index is 863.